The molecule has 23 heavy (non-hydrogen) atoms. The molecule has 0 radical (unpaired) electrons. The quantitative estimate of drug-likeness (QED) is 0.367. The normalized spacial score (nSPS) is 14.6. The van der Waals surface area contributed by atoms with Gasteiger partial charge in [-0.05, 0) is 38.3 Å². The molecule has 0 unspecified atom stereocenters. The van der Waals surface area contributed by atoms with Gasteiger partial charge < -0.3 is 14.4 Å². The summed E-state index contributed by atoms with van der Waals surface area (Å²) in [6, 6.07) is 6.96. The third-order valence-electron chi connectivity index (χ3n) is 3.44. The lowest BCUT2D eigenvalue weighted by molar-refractivity contribution is -0.126. The van der Waals surface area contributed by atoms with Crippen LogP contribution in [-0.2, 0) is 9.53 Å². The molecule has 1 aliphatic heterocycles. The van der Waals surface area contributed by atoms with Crippen LogP contribution in [-0.4, -0.2) is 30.1 Å². The number of likely N-dealkylation sites (tertiary alicyclic amines) is 1. The van der Waals surface area contributed by atoms with E-state index in [4.69, 9.17) is 9.47 Å². The van der Waals surface area contributed by atoms with Crippen molar-refractivity contribution in [3.05, 3.63) is 48.2 Å². The summed E-state index contributed by atoms with van der Waals surface area (Å²) in [6.45, 7) is 6.64. The van der Waals surface area contributed by atoms with Gasteiger partial charge in [0.2, 0.25) is 5.91 Å². The topological polar surface area (TPSA) is 55.8 Å². The number of carbonyl (C=O) groups excluding carboxylic acids is 2. The maximum Gasteiger partial charge on any atom is 0.519 e. The fourth-order valence-electron chi connectivity index (χ4n) is 2.34. The van der Waals surface area contributed by atoms with E-state index in [0.29, 0.717) is 11.3 Å². The largest absolute Gasteiger partial charge is 0.519 e. The van der Waals surface area contributed by atoms with Gasteiger partial charge in [-0.25, -0.2) is 4.79 Å². The van der Waals surface area contributed by atoms with Crippen LogP contribution in [0.25, 0.3) is 6.08 Å². The van der Waals surface area contributed by atoms with Gasteiger partial charge in [-0.3, -0.25) is 4.79 Å². The lowest BCUT2D eigenvalue weighted by atomic mass is 10.1. The lowest BCUT2D eigenvalue weighted by Crippen LogP contribution is -2.34. The summed E-state index contributed by atoms with van der Waals surface area (Å²) < 4.78 is 9.91. The molecule has 1 fully saturated rings. The SMILES string of the molecule is C=C(C)OC(=O)Oc1ccccc1/C=C/C(=O)N1CCCCC1. The first-order chi connectivity index (χ1) is 11.1. The Bertz CT molecular complexity index is 615. The van der Waals surface area contributed by atoms with Gasteiger partial charge in [0.1, 0.15) is 11.5 Å². The molecule has 1 saturated heterocycles. The van der Waals surface area contributed by atoms with Crippen LogP contribution in [0.3, 0.4) is 0 Å². The van der Waals surface area contributed by atoms with Crippen molar-refractivity contribution in [2.75, 3.05) is 13.1 Å². The Kier molecular flexibility index (Phi) is 5.97. The number of nitrogens with zero attached hydrogens (tertiary/aromatic N) is 1. The maximum absolute atomic E-state index is 12.1. The van der Waals surface area contributed by atoms with Crippen LogP contribution in [0.5, 0.6) is 5.75 Å². The van der Waals surface area contributed by atoms with E-state index in [1.54, 1.807) is 31.2 Å². The Hall–Kier alpha value is -2.56. The second kappa shape index (κ2) is 8.17. The summed E-state index contributed by atoms with van der Waals surface area (Å²) in [7, 11) is 0. The number of rotatable bonds is 4. The van der Waals surface area contributed by atoms with Gasteiger partial charge in [-0.2, -0.15) is 0 Å². The second-order valence-corrected chi connectivity index (χ2v) is 5.41. The Morgan fingerprint density at radius 1 is 1.17 bits per heavy atom. The number of allylic oxidation sites excluding steroid dienone is 1. The second-order valence-electron chi connectivity index (χ2n) is 5.41. The van der Waals surface area contributed by atoms with E-state index in [9.17, 15) is 9.59 Å². The monoisotopic (exact) mass is 315 g/mol. The van der Waals surface area contributed by atoms with E-state index in [-0.39, 0.29) is 11.7 Å². The van der Waals surface area contributed by atoms with Crippen molar-refractivity contribution >= 4 is 18.1 Å². The number of amides is 1. The molecule has 122 valence electrons. The fourth-order valence-corrected chi connectivity index (χ4v) is 2.34. The molecule has 0 aromatic heterocycles. The number of para-hydroxylation sites is 1. The fraction of sp³-hybridized carbons (Fsp3) is 0.333. The highest BCUT2D eigenvalue weighted by Gasteiger charge is 2.14. The van der Waals surface area contributed by atoms with E-state index in [1.807, 2.05) is 11.0 Å². The van der Waals surface area contributed by atoms with Crippen LogP contribution in [0.4, 0.5) is 4.79 Å². The van der Waals surface area contributed by atoms with Crippen LogP contribution < -0.4 is 4.74 Å². The highest BCUT2D eigenvalue weighted by molar-refractivity contribution is 5.92. The van der Waals surface area contributed by atoms with E-state index in [0.717, 1.165) is 25.9 Å². The molecule has 2 rings (SSSR count). The predicted molar refractivity (Wildman–Crippen MR) is 87.8 cm³/mol. The Balaban J connectivity index is 2.04. The van der Waals surface area contributed by atoms with Crippen molar-refractivity contribution in [2.45, 2.75) is 26.2 Å². The molecule has 1 amide bonds. The number of carbonyl (C=O) groups is 2. The smallest absolute Gasteiger partial charge is 0.400 e. The third kappa shape index (κ3) is 5.29. The molecule has 0 spiro atoms. The van der Waals surface area contributed by atoms with Gasteiger partial charge in [0.25, 0.3) is 0 Å². The third-order valence-corrected chi connectivity index (χ3v) is 3.44. The molecule has 0 aliphatic carbocycles. The van der Waals surface area contributed by atoms with Crippen molar-refractivity contribution in [3.63, 3.8) is 0 Å². The first-order valence-corrected chi connectivity index (χ1v) is 7.67. The van der Waals surface area contributed by atoms with E-state index in [1.165, 1.54) is 12.5 Å². The minimum absolute atomic E-state index is 0.0241. The number of piperidine rings is 1. The Labute approximate surface area is 136 Å². The number of hydrogen-bond acceptors (Lipinski definition) is 4. The highest BCUT2D eigenvalue weighted by Crippen LogP contribution is 2.20. The zero-order valence-corrected chi connectivity index (χ0v) is 13.3. The van der Waals surface area contributed by atoms with Crippen LogP contribution in [0, 0.1) is 0 Å². The molecule has 1 heterocycles. The molecule has 0 N–H and O–H groups in total. The van der Waals surface area contributed by atoms with Gasteiger partial charge in [0.05, 0.1) is 0 Å². The lowest BCUT2D eigenvalue weighted by Gasteiger charge is -2.25. The summed E-state index contributed by atoms with van der Waals surface area (Å²) >= 11 is 0. The van der Waals surface area contributed by atoms with Gasteiger partial charge >= 0.3 is 6.16 Å². The predicted octanol–water partition coefficient (Wildman–Crippen LogP) is 3.76. The minimum atomic E-state index is -0.847. The van der Waals surface area contributed by atoms with Crippen molar-refractivity contribution in [2.24, 2.45) is 0 Å². The molecule has 1 aromatic carbocycles. The van der Waals surface area contributed by atoms with Crippen LogP contribution in [0.2, 0.25) is 0 Å². The summed E-state index contributed by atoms with van der Waals surface area (Å²) in [4.78, 5) is 25.5. The molecule has 5 heteroatoms. The van der Waals surface area contributed by atoms with Gasteiger partial charge in [0.15, 0.2) is 0 Å². The summed E-state index contributed by atoms with van der Waals surface area (Å²) in [6.07, 6.45) is 5.59. The molecule has 1 aromatic rings. The Morgan fingerprint density at radius 2 is 1.87 bits per heavy atom. The molecule has 0 atom stereocenters. The van der Waals surface area contributed by atoms with Crippen molar-refractivity contribution < 1.29 is 19.1 Å². The first-order valence-electron chi connectivity index (χ1n) is 7.67. The van der Waals surface area contributed by atoms with E-state index in [2.05, 4.69) is 6.58 Å². The standard InChI is InChI=1S/C18H21NO4/c1-14(2)22-18(21)23-16-9-5-4-8-15(16)10-11-17(20)19-12-6-3-7-13-19/h4-5,8-11H,1,3,6-7,12-13H2,2H3/b11-10+. The summed E-state index contributed by atoms with van der Waals surface area (Å²) in [5.41, 5.74) is 0.636. The highest BCUT2D eigenvalue weighted by atomic mass is 16.7. The average molecular weight is 315 g/mol. The number of benzene rings is 1. The molecule has 0 bridgehead atoms. The molecule has 5 nitrogen and oxygen atoms in total. The summed E-state index contributed by atoms with van der Waals surface area (Å²) in [5.74, 6) is 0.564. The molecular formula is C18H21NO4. The van der Waals surface area contributed by atoms with E-state index >= 15 is 0 Å². The van der Waals surface area contributed by atoms with Gasteiger partial charge in [0, 0.05) is 24.7 Å². The van der Waals surface area contributed by atoms with E-state index < -0.39 is 6.16 Å². The summed E-state index contributed by atoms with van der Waals surface area (Å²) in [5, 5.41) is 0. The van der Waals surface area contributed by atoms with Crippen molar-refractivity contribution in [1.82, 2.24) is 4.90 Å². The molecule has 0 saturated carbocycles. The van der Waals surface area contributed by atoms with Crippen LogP contribution in [0.15, 0.2) is 42.7 Å². The van der Waals surface area contributed by atoms with Gasteiger partial charge in [-0.15, -0.1) is 0 Å². The van der Waals surface area contributed by atoms with Crippen LogP contribution >= 0.6 is 0 Å². The zero-order valence-electron chi connectivity index (χ0n) is 13.3. The van der Waals surface area contributed by atoms with Crippen molar-refractivity contribution in [3.8, 4) is 5.75 Å². The maximum atomic E-state index is 12.1. The molecular weight excluding hydrogens is 294 g/mol. The van der Waals surface area contributed by atoms with Crippen molar-refractivity contribution in [1.29, 1.82) is 0 Å². The average Bonchev–Trinajstić information content (AvgIpc) is 2.53. The Morgan fingerprint density at radius 3 is 2.57 bits per heavy atom. The number of hydrogen-bond donors (Lipinski definition) is 0. The molecule has 1 aliphatic rings. The zero-order chi connectivity index (χ0) is 16.7. The van der Waals surface area contributed by atoms with Crippen LogP contribution in [0.1, 0.15) is 31.7 Å². The minimum Gasteiger partial charge on any atom is -0.400 e. The van der Waals surface area contributed by atoms with Gasteiger partial charge in [-0.1, -0.05) is 24.8 Å². The number of ether oxygens (including phenoxy) is 2. The first kappa shape index (κ1) is 16.8.